The van der Waals surface area contributed by atoms with Crippen molar-refractivity contribution in [2.45, 2.75) is 46.5 Å². The first-order valence-corrected chi connectivity index (χ1v) is 8.71. The third-order valence-electron chi connectivity index (χ3n) is 4.06. The Morgan fingerprint density at radius 2 is 2.10 bits per heavy atom. The molecule has 1 aromatic heterocycles. The lowest BCUT2D eigenvalue weighted by atomic mass is 9.99. The molecule has 2 rings (SSSR count). The van der Waals surface area contributed by atoms with Crippen molar-refractivity contribution in [2.75, 3.05) is 19.6 Å². The highest BCUT2D eigenvalue weighted by molar-refractivity contribution is 7.13. The third kappa shape index (κ3) is 4.78. The second kappa shape index (κ2) is 7.36. The molecule has 0 saturated carbocycles. The van der Waals surface area contributed by atoms with Crippen LogP contribution in [0.3, 0.4) is 0 Å². The summed E-state index contributed by atoms with van der Waals surface area (Å²) in [5.41, 5.74) is 0.768. The first kappa shape index (κ1) is 16.4. The molecule has 5 heteroatoms. The van der Waals surface area contributed by atoms with Crippen molar-refractivity contribution in [3.8, 4) is 0 Å². The van der Waals surface area contributed by atoms with Crippen LogP contribution in [0.2, 0.25) is 0 Å². The Labute approximate surface area is 131 Å². The summed E-state index contributed by atoms with van der Waals surface area (Å²) < 4.78 is 0. The standard InChI is InChI=1S/C16H26N2O2S/c1-11(2)10-13-15(16(19)20)21-14(17-13)6-9-18-7-4-12(3)5-8-18/h11-12H,4-10H2,1-3H3,(H,19,20). The molecule has 1 aromatic rings. The molecule has 0 atom stereocenters. The molecule has 118 valence electrons. The zero-order chi connectivity index (χ0) is 15.4. The number of carbonyl (C=O) groups is 1. The molecule has 0 spiro atoms. The smallest absolute Gasteiger partial charge is 0.347 e. The monoisotopic (exact) mass is 310 g/mol. The number of rotatable bonds is 6. The number of carboxylic acids is 1. The van der Waals surface area contributed by atoms with Crippen LogP contribution < -0.4 is 0 Å². The number of thiazole rings is 1. The second-order valence-electron chi connectivity index (χ2n) is 6.56. The Balaban J connectivity index is 1.95. The van der Waals surface area contributed by atoms with E-state index < -0.39 is 5.97 Å². The summed E-state index contributed by atoms with van der Waals surface area (Å²) in [6.07, 6.45) is 4.17. The fourth-order valence-corrected chi connectivity index (χ4v) is 3.66. The number of likely N-dealkylation sites (tertiary alicyclic amines) is 1. The number of nitrogens with zero attached hydrogens (tertiary/aromatic N) is 2. The zero-order valence-electron chi connectivity index (χ0n) is 13.3. The van der Waals surface area contributed by atoms with E-state index >= 15 is 0 Å². The number of aromatic nitrogens is 1. The van der Waals surface area contributed by atoms with Crippen LogP contribution in [-0.2, 0) is 12.8 Å². The van der Waals surface area contributed by atoms with Gasteiger partial charge in [0.2, 0.25) is 0 Å². The molecule has 1 saturated heterocycles. The van der Waals surface area contributed by atoms with Crippen LogP contribution in [0, 0.1) is 11.8 Å². The van der Waals surface area contributed by atoms with Crippen molar-refractivity contribution in [2.24, 2.45) is 11.8 Å². The summed E-state index contributed by atoms with van der Waals surface area (Å²) in [5.74, 6) is 0.445. The van der Waals surface area contributed by atoms with Crippen molar-refractivity contribution in [1.82, 2.24) is 9.88 Å². The van der Waals surface area contributed by atoms with Crippen LogP contribution >= 0.6 is 11.3 Å². The highest BCUT2D eigenvalue weighted by Crippen LogP contribution is 2.23. The lowest BCUT2D eigenvalue weighted by Crippen LogP contribution is -2.34. The number of aromatic carboxylic acids is 1. The van der Waals surface area contributed by atoms with E-state index in [1.54, 1.807) is 0 Å². The van der Waals surface area contributed by atoms with Gasteiger partial charge in [-0.05, 0) is 44.2 Å². The largest absolute Gasteiger partial charge is 0.477 e. The van der Waals surface area contributed by atoms with E-state index in [9.17, 15) is 9.90 Å². The van der Waals surface area contributed by atoms with Gasteiger partial charge >= 0.3 is 5.97 Å². The van der Waals surface area contributed by atoms with Gasteiger partial charge in [-0.15, -0.1) is 11.3 Å². The first-order valence-electron chi connectivity index (χ1n) is 7.90. The van der Waals surface area contributed by atoms with Crippen molar-refractivity contribution >= 4 is 17.3 Å². The Morgan fingerprint density at radius 1 is 1.43 bits per heavy atom. The van der Waals surface area contributed by atoms with Crippen molar-refractivity contribution in [3.63, 3.8) is 0 Å². The van der Waals surface area contributed by atoms with Gasteiger partial charge in [0.1, 0.15) is 4.88 Å². The molecule has 0 radical (unpaired) electrons. The summed E-state index contributed by atoms with van der Waals surface area (Å²) in [6, 6.07) is 0. The maximum Gasteiger partial charge on any atom is 0.347 e. The average molecular weight is 310 g/mol. The van der Waals surface area contributed by atoms with Gasteiger partial charge in [0.15, 0.2) is 0 Å². The Kier molecular flexibility index (Phi) is 5.76. The van der Waals surface area contributed by atoms with E-state index in [0.717, 1.165) is 49.1 Å². The molecule has 1 aliphatic rings. The van der Waals surface area contributed by atoms with Crippen LogP contribution in [0.4, 0.5) is 0 Å². The summed E-state index contributed by atoms with van der Waals surface area (Å²) in [5, 5.41) is 10.3. The van der Waals surface area contributed by atoms with Gasteiger partial charge in [-0.3, -0.25) is 0 Å². The first-order chi connectivity index (χ1) is 9.95. The van der Waals surface area contributed by atoms with Gasteiger partial charge in [0, 0.05) is 13.0 Å². The topological polar surface area (TPSA) is 53.4 Å². The molecule has 1 N–H and O–H groups in total. The third-order valence-corrected chi connectivity index (χ3v) is 5.20. The minimum Gasteiger partial charge on any atom is -0.477 e. The fourth-order valence-electron chi connectivity index (χ4n) is 2.74. The Morgan fingerprint density at radius 3 is 2.67 bits per heavy atom. The molecule has 4 nitrogen and oxygen atoms in total. The molecular formula is C16H26N2O2S. The second-order valence-corrected chi connectivity index (χ2v) is 7.64. The average Bonchev–Trinajstić information content (AvgIpc) is 2.80. The quantitative estimate of drug-likeness (QED) is 0.876. The fraction of sp³-hybridized carbons (Fsp3) is 0.750. The Hall–Kier alpha value is -0.940. The number of hydrogen-bond acceptors (Lipinski definition) is 4. The van der Waals surface area contributed by atoms with Gasteiger partial charge < -0.3 is 10.0 Å². The lowest BCUT2D eigenvalue weighted by molar-refractivity contribution is 0.0700. The van der Waals surface area contributed by atoms with E-state index in [4.69, 9.17) is 0 Å². The van der Waals surface area contributed by atoms with Crippen LogP contribution in [0.1, 0.15) is 54.0 Å². The highest BCUT2D eigenvalue weighted by atomic mass is 32.1. The molecule has 1 fully saturated rings. The molecule has 0 unspecified atom stereocenters. The van der Waals surface area contributed by atoms with E-state index in [1.165, 1.54) is 24.2 Å². The maximum absolute atomic E-state index is 11.3. The normalized spacial score (nSPS) is 17.5. The number of piperidine rings is 1. The lowest BCUT2D eigenvalue weighted by Gasteiger charge is -2.29. The highest BCUT2D eigenvalue weighted by Gasteiger charge is 2.20. The van der Waals surface area contributed by atoms with E-state index in [2.05, 4.69) is 30.7 Å². The van der Waals surface area contributed by atoms with Crippen LogP contribution in [0.15, 0.2) is 0 Å². The van der Waals surface area contributed by atoms with E-state index in [0.29, 0.717) is 10.8 Å². The van der Waals surface area contributed by atoms with Crippen LogP contribution in [-0.4, -0.2) is 40.6 Å². The van der Waals surface area contributed by atoms with Gasteiger partial charge in [-0.1, -0.05) is 20.8 Å². The molecule has 1 aliphatic heterocycles. The predicted octanol–water partition coefficient (Wildman–Crippen LogP) is 3.31. The van der Waals surface area contributed by atoms with Gasteiger partial charge in [-0.25, -0.2) is 9.78 Å². The summed E-state index contributed by atoms with van der Waals surface area (Å²) >= 11 is 1.36. The zero-order valence-corrected chi connectivity index (χ0v) is 14.1. The van der Waals surface area contributed by atoms with Crippen molar-refractivity contribution in [3.05, 3.63) is 15.6 Å². The summed E-state index contributed by atoms with van der Waals surface area (Å²) in [4.78, 5) is 18.8. The number of carboxylic acid groups (broad SMARTS) is 1. The minimum absolute atomic E-state index is 0.432. The van der Waals surface area contributed by atoms with Crippen LogP contribution in [0.5, 0.6) is 0 Å². The predicted molar refractivity (Wildman–Crippen MR) is 86.2 cm³/mol. The minimum atomic E-state index is -0.832. The maximum atomic E-state index is 11.3. The molecular weight excluding hydrogens is 284 g/mol. The summed E-state index contributed by atoms with van der Waals surface area (Å²) in [7, 11) is 0. The molecule has 0 amide bonds. The van der Waals surface area contributed by atoms with Gasteiger partial charge in [-0.2, -0.15) is 0 Å². The molecule has 0 aromatic carbocycles. The summed E-state index contributed by atoms with van der Waals surface area (Å²) in [6.45, 7) is 9.84. The van der Waals surface area contributed by atoms with E-state index in [-0.39, 0.29) is 0 Å². The molecule has 21 heavy (non-hydrogen) atoms. The SMILES string of the molecule is CC(C)Cc1nc(CCN2CCC(C)CC2)sc1C(=O)O. The van der Waals surface area contributed by atoms with Crippen molar-refractivity contribution < 1.29 is 9.90 Å². The molecule has 0 bridgehead atoms. The van der Waals surface area contributed by atoms with Crippen LogP contribution in [0.25, 0.3) is 0 Å². The molecule has 0 aliphatic carbocycles. The Bertz CT molecular complexity index is 477. The van der Waals surface area contributed by atoms with Crippen molar-refractivity contribution in [1.29, 1.82) is 0 Å². The number of hydrogen-bond donors (Lipinski definition) is 1. The van der Waals surface area contributed by atoms with Gasteiger partial charge in [0.05, 0.1) is 10.7 Å². The van der Waals surface area contributed by atoms with E-state index in [1.807, 2.05) is 0 Å². The molecule has 2 heterocycles. The van der Waals surface area contributed by atoms with Gasteiger partial charge in [0.25, 0.3) is 0 Å².